The molecule has 0 aromatic heterocycles. The Morgan fingerprint density at radius 3 is 2.22 bits per heavy atom. The number of carboxylic acid groups (broad SMARTS) is 1. The van der Waals surface area contributed by atoms with Gasteiger partial charge in [0.2, 0.25) is 5.91 Å². The van der Waals surface area contributed by atoms with Crippen LogP contribution in [0.3, 0.4) is 0 Å². The molecule has 0 spiro atoms. The average molecular weight is 437 g/mol. The summed E-state index contributed by atoms with van der Waals surface area (Å²) in [4.78, 5) is 35.2. The van der Waals surface area contributed by atoms with E-state index in [0.717, 1.165) is 11.1 Å². The molecular formula is C25H28N2O5. The lowest BCUT2D eigenvalue weighted by atomic mass is 9.80. The smallest absolute Gasteiger partial charge is 0.407 e. The molecule has 32 heavy (non-hydrogen) atoms. The number of carboxylic acids is 1. The van der Waals surface area contributed by atoms with Crippen LogP contribution in [-0.4, -0.2) is 42.3 Å². The summed E-state index contributed by atoms with van der Waals surface area (Å²) in [6, 6.07) is 16.3. The van der Waals surface area contributed by atoms with E-state index in [4.69, 9.17) is 9.84 Å². The van der Waals surface area contributed by atoms with Crippen LogP contribution in [0.4, 0.5) is 4.79 Å². The third-order valence-electron chi connectivity index (χ3n) is 6.32. The van der Waals surface area contributed by atoms with E-state index in [1.54, 1.807) is 0 Å². The summed E-state index contributed by atoms with van der Waals surface area (Å²) in [5.41, 5.74) is 4.68. The minimum absolute atomic E-state index is 0.00783. The first kappa shape index (κ1) is 21.9. The van der Waals surface area contributed by atoms with Crippen LogP contribution in [-0.2, 0) is 14.3 Å². The monoisotopic (exact) mass is 436 g/mol. The Labute approximate surface area is 187 Å². The Morgan fingerprint density at radius 2 is 1.62 bits per heavy atom. The molecule has 7 nitrogen and oxygen atoms in total. The number of carbonyl (C=O) groups excluding carboxylic acids is 2. The van der Waals surface area contributed by atoms with E-state index in [0.29, 0.717) is 19.4 Å². The number of ether oxygens (including phenoxy) is 1. The number of aliphatic carboxylic acids is 1. The highest BCUT2D eigenvalue weighted by molar-refractivity contribution is 5.79. The number of hydrogen-bond donors (Lipinski definition) is 3. The minimum atomic E-state index is -0.809. The Morgan fingerprint density at radius 1 is 1.03 bits per heavy atom. The van der Waals surface area contributed by atoms with Gasteiger partial charge in [-0.2, -0.15) is 0 Å². The Bertz CT molecular complexity index is 969. The standard InChI is InChI=1S/C25H28N2O5/c1-15(10-23(28)27-17-11-16(12-17)24(29)30)13-26-25(31)32-14-22-20-8-4-2-6-18(20)19-7-3-5-9-21(19)22/h2-9,15-17,22H,10-14H2,1H3,(H,26,31)(H,27,28)(H,29,30). The summed E-state index contributed by atoms with van der Waals surface area (Å²) < 4.78 is 5.51. The highest BCUT2D eigenvalue weighted by atomic mass is 16.5. The van der Waals surface area contributed by atoms with Gasteiger partial charge in [0.1, 0.15) is 6.61 Å². The van der Waals surface area contributed by atoms with Crippen LogP contribution in [0, 0.1) is 11.8 Å². The van der Waals surface area contributed by atoms with Crippen molar-refractivity contribution in [3.05, 3.63) is 59.7 Å². The number of fused-ring (bicyclic) bond motifs is 3. The number of carbonyl (C=O) groups is 3. The molecule has 7 heteroatoms. The van der Waals surface area contributed by atoms with E-state index in [9.17, 15) is 14.4 Å². The maximum absolute atomic E-state index is 12.3. The lowest BCUT2D eigenvalue weighted by Crippen LogP contribution is -2.47. The van der Waals surface area contributed by atoms with Gasteiger partial charge in [-0.05, 0) is 41.0 Å². The van der Waals surface area contributed by atoms with Crippen molar-refractivity contribution in [2.45, 2.75) is 38.1 Å². The number of alkyl carbamates (subject to hydrolysis) is 1. The molecule has 2 aliphatic rings. The zero-order valence-corrected chi connectivity index (χ0v) is 18.0. The summed E-state index contributed by atoms with van der Waals surface area (Å²) in [5.74, 6) is -1.34. The van der Waals surface area contributed by atoms with Crippen LogP contribution >= 0.6 is 0 Å². The van der Waals surface area contributed by atoms with E-state index >= 15 is 0 Å². The summed E-state index contributed by atoms with van der Waals surface area (Å²) in [5, 5.41) is 14.5. The van der Waals surface area contributed by atoms with E-state index in [1.165, 1.54) is 11.1 Å². The van der Waals surface area contributed by atoms with Crippen molar-refractivity contribution in [3.8, 4) is 11.1 Å². The predicted octanol–water partition coefficient (Wildman–Crippen LogP) is 3.53. The maximum atomic E-state index is 12.3. The van der Waals surface area contributed by atoms with Crippen LogP contribution in [0.5, 0.6) is 0 Å². The molecule has 3 N–H and O–H groups in total. The van der Waals surface area contributed by atoms with Gasteiger partial charge in [0.15, 0.2) is 0 Å². The lowest BCUT2D eigenvalue weighted by molar-refractivity contribution is -0.146. The molecule has 2 aliphatic carbocycles. The van der Waals surface area contributed by atoms with E-state index in [-0.39, 0.29) is 42.7 Å². The molecule has 1 atom stereocenters. The van der Waals surface area contributed by atoms with Gasteiger partial charge in [-0.15, -0.1) is 0 Å². The number of rotatable bonds is 8. The van der Waals surface area contributed by atoms with Gasteiger partial charge in [0, 0.05) is 24.9 Å². The Hall–Kier alpha value is -3.35. The molecule has 168 valence electrons. The highest BCUT2D eigenvalue weighted by Crippen LogP contribution is 2.44. The zero-order chi connectivity index (χ0) is 22.7. The predicted molar refractivity (Wildman–Crippen MR) is 119 cm³/mol. The molecule has 0 heterocycles. The van der Waals surface area contributed by atoms with Crippen LogP contribution in [0.1, 0.15) is 43.2 Å². The van der Waals surface area contributed by atoms with E-state index < -0.39 is 12.1 Å². The topological polar surface area (TPSA) is 105 Å². The molecule has 0 saturated heterocycles. The van der Waals surface area contributed by atoms with E-state index in [1.807, 2.05) is 31.2 Å². The average Bonchev–Trinajstić information content (AvgIpc) is 3.06. The second kappa shape index (κ2) is 9.42. The van der Waals surface area contributed by atoms with Gasteiger partial charge >= 0.3 is 12.1 Å². The number of amides is 2. The Balaban J connectivity index is 1.20. The van der Waals surface area contributed by atoms with Crippen molar-refractivity contribution in [3.63, 3.8) is 0 Å². The van der Waals surface area contributed by atoms with Crippen LogP contribution in [0.25, 0.3) is 11.1 Å². The summed E-state index contributed by atoms with van der Waals surface area (Å²) in [6.45, 7) is 2.46. The SMILES string of the molecule is CC(CNC(=O)OCC1c2ccccc2-c2ccccc21)CC(=O)NC1CC(C(=O)O)C1. The third kappa shape index (κ3) is 4.77. The molecule has 1 unspecified atom stereocenters. The molecule has 1 saturated carbocycles. The minimum Gasteiger partial charge on any atom is -0.481 e. The quantitative estimate of drug-likeness (QED) is 0.587. The molecule has 4 rings (SSSR count). The fourth-order valence-corrected chi connectivity index (χ4v) is 4.52. The molecule has 0 radical (unpaired) electrons. The molecule has 0 bridgehead atoms. The summed E-state index contributed by atoms with van der Waals surface area (Å²) >= 11 is 0. The molecule has 2 aromatic rings. The third-order valence-corrected chi connectivity index (χ3v) is 6.32. The van der Waals surface area contributed by atoms with Crippen LogP contribution in [0.2, 0.25) is 0 Å². The van der Waals surface area contributed by atoms with Crippen molar-refractivity contribution in [1.82, 2.24) is 10.6 Å². The van der Waals surface area contributed by atoms with Crippen molar-refractivity contribution < 1.29 is 24.2 Å². The van der Waals surface area contributed by atoms with Gasteiger partial charge in [-0.3, -0.25) is 9.59 Å². The fourth-order valence-electron chi connectivity index (χ4n) is 4.52. The van der Waals surface area contributed by atoms with Gasteiger partial charge in [0.05, 0.1) is 5.92 Å². The first-order valence-electron chi connectivity index (χ1n) is 11.0. The highest BCUT2D eigenvalue weighted by Gasteiger charge is 2.35. The van der Waals surface area contributed by atoms with Gasteiger partial charge < -0.3 is 20.5 Å². The maximum Gasteiger partial charge on any atom is 0.407 e. The Kier molecular flexibility index (Phi) is 6.44. The first-order chi connectivity index (χ1) is 15.4. The van der Waals surface area contributed by atoms with Gasteiger partial charge in [-0.25, -0.2) is 4.79 Å². The normalized spacial score (nSPS) is 19.8. The first-order valence-corrected chi connectivity index (χ1v) is 11.0. The zero-order valence-electron chi connectivity index (χ0n) is 18.0. The summed E-state index contributed by atoms with van der Waals surface area (Å²) in [7, 11) is 0. The molecule has 2 aromatic carbocycles. The van der Waals surface area contributed by atoms with Crippen molar-refractivity contribution >= 4 is 18.0 Å². The number of nitrogens with one attached hydrogen (secondary N) is 2. The second-order valence-corrected chi connectivity index (χ2v) is 8.79. The van der Waals surface area contributed by atoms with Crippen molar-refractivity contribution in [2.24, 2.45) is 11.8 Å². The lowest BCUT2D eigenvalue weighted by Gasteiger charge is -2.33. The van der Waals surface area contributed by atoms with Gasteiger partial charge in [0.25, 0.3) is 0 Å². The molecule has 2 amide bonds. The van der Waals surface area contributed by atoms with Crippen molar-refractivity contribution in [1.29, 1.82) is 0 Å². The van der Waals surface area contributed by atoms with Crippen molar-refractivity contribution in [2.75, 3.05) is 13.2 Å². The second-order valence-electron chi connectivity index (χ2n) is 8.79. The van der Waals surface area contributed by atoms with Crippen LogP contribution < -0.4 is 10.6 Å². The molecular weight excluding hydrogens is 408 g/mol. The van der Waals surface area contributed by atoms with E-state index in [2.05, 4.69) is 34.9 Å². The summed E-state index contributed by atoms with van der Waals surface area (Å²) in [6.07, 6.45) is 0.723. The number of hydrogen-bond acceptors (Lipinski definition) is 4. The van der Waals surface area contributed by atoms with Crippen LogP contribution in [0.15, 0.2) is 48.5 Å². The largest absolute Gasteiger partial charge is 0.481 e. The fraction of sp³-hybridized carbons (Fsp3) is 0.400. The van der Waals surface area contributed by atoms with Gasteiger partial charge in [-0.1, -0.05) is 55.5 Å². The molecule has 0 aliphatic heterocycles. The molecule has 1 fully saturated rings. The number of benzene rings is 2.